The van der Waals surface area contributed by atoms with Gasteiger partial charge in [0.15, 0.2) is 5.13 Å². The van der Waals surface area contributed by atoms with E-state index in [0.717, 1.165) is 11.2 Å². The largest absolute Gasteiger partial charge is 0.490 e. The number of pyridine rings is 1. The van der Waals surface area contributed by atoms with E-state index in [1.54, 1.807) is 18.3 Å². The Kier molecular flexibility index (Phi) is 4.55. The molecule has 1 saturated heterocycles. The van der Waals surface area contributed by atoms with Crippen LogP contribution in [0.25, 0.3) is 10.2 Å². The van der Waals surface area contributed by atoms with Gasteiger partial charge in [-0.25, -0.2) is 4.98 Å². The van der Waals surface area contributed by atoms with E-state index in [2.05, 4.69) is 9.97 Å². The van der Waals surface area contributed by atoms with Crippen molar-refractivity contribution in [1.82, 2.24) is 9.97 Å². The molecular formula is C18H16F3N3O2S. The number of anilines is 1. The molecule has 0 bridgehead atoms. The molecule has 0 amide bonds. The minimum Gasteiger partial charge on any atom is -0.490 e. The third-order valence-corrected chi connectivity index (χ3v) is 5.63. The van der Waals surface area contributed by atoms with E-state index in [1.165, 1.54) is 23.5 Å². The average molecular weight is 395 g/mol. The summed E-state index contributed by atoms with van der Waals surface area (Å²) in [6, 6.07) is 7.03. The highest BCUT2D eigenvalue weighted by Crippen LogP contribution is 2.37. The van der Waals surface area contributed by atoms with E-state index in [4.69, 9.17) is 4.74 Å². The molecule has 0 unspecified atom stereocenters. The predicted molar refractivity (Wildman–Crippen MR) is 97.5 cm³/mol. The van der Waals surface area contributed by atoms with Crippen LogP contribution in [-0.2, 0) is 6.18 Å². The van der Waals surface area contributed by atoms with Crippen molar-refractivity contribution in [3.8, 4) is 5.75 Å². The second kappa shape index (κ2) is 6.88. The molecule has 0 radical (unpaired) electrons. The lowest BCUT2D eigenvalue weighted by Crippen LogP contribution is -2.38. The van der Waals surface area contributed by atoms with Gasteiger partial charge in [-0.2, -0.15) is 13.2 Å². The van der Waals surface area contributed by atoms with Crippen molar-refractivity contribution in [3.05, 3.63) is 52.4 Å². The highest BCUT2D eigenvalue weighted by Gasteiger charge is 2.35. The first-order valence-electron chi connectivity index (χ1n) is 8.48. The number of alkyl halides is 3. The lowest BCUT2D eigenvalue weighted by Gasteiger charge is -2.32. The number of H-pyrrole nitrogens is 1. The zero-order chi connectivity index (χ0) is 19.0. The molecule has 1 aromatic carbocycles. The Bertz CT molecular complexity index is 1010. The third-order valence-electron chi connectivity index (χ3n) is 4.50. The number of piperidine rings is 1. The summed E-state index contributed by atoms with van der Waals surface area (Å²) in [6.45, 7) is 1.22. The van der Waals surface area contributed by atoms with Crippen LogP contribution in [-0.4, -0.2) is 29.2 Å². The second-order valence-corrected chi connectivity index (χ2v) is 7.29. The number of nitrogens with one attached hydrogen (secondary N) is 1. The summed E-state index contributed by atoms with van der Waals surface area (Å²) in [4.78, 5) is 21.0. The monoisotopic (exact) mass is 395 g/mol. The van der Waals surface area contributed by atoms with Gasteiger partial charge in [-0.1, -0.05) is 23.5 Å². The molecule has 9 heteroatoms. The molecular weight excluding hydrogens is 379 g/mol. The number of aromatic amines is 1. The summed E-state index contributed by atoms with van der Waals surface area (Å²) >= 11 is 1.32. The van der Waals surface area contributed by atoms with Crippen LogP contribution in [0, 0.1) is 0 Å². The number of ether oxygens (including phenoxy) is 1. The zero-order valence-electron chi connectivity index (χ0n) is 14.1. The van der Waals surface area contributed by atoms with E-state index < -0.39 is 11.7 Å². The van der Waals surface area contributed by atoms with Crippen LogP contribution in [0.4, 0.5) is 18.3 Å². The van der Waals surface area contributed by atoms with Crippen molar-refractivity contribution in [1.29, 1.82) is 0 Å². The van der Waals surface area contributed by atoms with Crippen LogP contribution < -0.4 is 15.2 Å². The van der Waals surface area contributed by atoms with Crippen molar-refractivity contribution < 1.29 is 17.9 Å². The summed E-state index contributed by atoms with van der Waals surface area (Å²) in [5.41, 5.74) is -0.271. The Morgan fingerprint density at radius 1 is 1.19 bits per heavy atom. The Morgan fingerprint density at radius 2 is 1.93 bits per heavy atom. The predicted octanol–water partition coefficient (Wildman–Crippen LogP) is 4.05. The molecule has 0 saturated carbocycles. The van der Waals surface area contributed by atoms with Crippen molar-refractivity contribution in [3.63, 3.8) is 0 Å². The van der Waals surface area contributed by atoms with Crippen LogP contribution in [0.3, 0.4) is 0 Å². The number of para-hydroxylation sites is 1. The van der Waals surface area contributed by atoms with Crippen LogP contribution in [0.15, 0.2) is 41.3 Å². The van der Waals surface area contributed by atoms with Gasteiger partial charge in [0.25, 0.3) is 5.56 Å². The molecule has 0 aliphatic carbocycles. The summed E-state index contributed by atoms with van der Waals surface area (Å²) in [6.07, 6.45) is -2.00. The first-order valence-corrected chi connectivity index (χ1v) is 9.29. The number of thiazole rings is 1. The fourth-order valence-corrected chi connectivity index (χ4v) is 4.15. The molecule has 3 heterocycles. The molecule has 4 rings (SSSR count). The molecule has 0 atom stereocenters. The van der Waals surface area contributed by atoms with E-state index in [-0.39, 0.29) is 17.4 Å². The molecule has 1 N–H and O–H groups in total. The summed E-state index contributed by atoms with van der Waals surface area (Å²) in [5.74, 6) is -0.130. The topological polar surface area (TPSA) is 58.2 Å². The van der Waals surface area contributed by atoms with Gasteiger partial charge in [0.1, 0.15) is 16.6 Å². The molecule has 3 aromatic rings. The van der Waals surface area contributed by atoms with Crippen molar-refractivity contribution in [2.75, 3.05) is 18.0 Å². The fourth-order valence-electron chi connectivity index (χ4n) is 3.14. The Labute approximate surface area is 156 Å². The Hall–Kier alpha value is -2.55. The Balaban J connectivity index is 1.45. The van der Waals surface area contributed by atoms with E-state index in [0.29, 0.717) is 36.1 Å². The lowest BCUT2D eigenvalue weighted by atomic mass is 10.1. The normalized spacial score (nSPS) is 16.0. The minimum atomic E-state index is -4.44. The first kappa shape index (κ1) is 17.8. The van der Waals surface area contributed by atoms with Gasteiger partial charge in [0.05, 0.1) is 11.1 Å². The number of hydrogen-bond acceptors (Lipinski definition) is 5. The zero-order valence-corrected chi connectivity index (χ0v) is 14.9. The number of rotatable bonds is 3. The SMILES string of the molecule is O=c1[nH]ccc2nc(N3CCC(Oc4ccccc4C(F)(F)F)CC3)sc12. The number of halogens is 3. The standard InChI is InChI=1S/C18H16F3N3O2S/c19-18(20,21)12-3-1-2-4-14(12)26-11-6-9-24(10-7-11)17-23-13-5-8-22-16(25)15(13)27-17/h1-5,8,11H,6-7,9-10H2,(H,22,25). The molecule has 1 fully saturated rings. The third kappa shape index (κ3) is 3.64. The molecule has 0 spiro atoms. The molecule has 27 heavy (non-hydrogen) atoms. The van der Waals surface area contributed by atoms with Crippen LogP contribution in [0.1, 0.15) is 18.4 Å². The Morgan fingerprint density at radius 3 is 2.63 bits per heavy atom. The average Bonchev–Trinajstić information content (AvgIpc) is 3.08. The van der Waals surface area contributed by atoms with Crippen LogP contribution in [0.2, 0.25) is 0 Å². The minimum absolute atomic E-state index is 0.130. The summed E-state index contributed by atoms with van der Waals surface area (Å²) in [5, 5.41) is 0.746. The van der Waals surface area contributed by atoms with Gasteiger partial charge in [0.2, 0.25) is 0 Å². The van der Waals surface area contributed by atoms with Gasteiger partial charge in [-0.05, 0) is 18.2 Å². The number of hydrogen-bond donors (Lipinski definition) is 1. The van der Waals surface area contributed by atoms with Crippen molar-refractivity contribution in [2.45, 2.75) is 25.1 Å². The van der Waals surface area contributed by atoms with Gasteiger partial charge in [-0.15, -0.1) is 0 Å². The quantitative estimate of drug-likeness (QED) is 0.727. The number of nitrogens with zero attached hydrogens (tertiary/aromatic N) is 2. The highest BCUT2D eigenvalue weighted by atomic mass is 32.1. The smallest absolute Gasteiger partial charge is 0.419 e. The molecule has 142 valence electrons. The number of aromatic nitrogens is 2. The van der Waals surface area contributed by atoms with Crippen molar-refractivity contribution >= 4 is 26.7 Å². The van der Waals surface area contributed by atoms with Gasteiger partial charge >= 0.3 is 6.18 Å². The summed E-state index contributed by atoms with van der Waals surface area (Å²) < 4.78 is 45.5. The van der Waals surface area contributed by atoms with Gasteiger partial charge < -0.3 is 14.6 Å². The van der Waals surface area contributed by atoms with Crippen molar-refractivity contribution in [2.24, 2.45) is 0 Å². The van der Waals surface area contributed by atoms with Crippen LogP contribution in [0.5, 0.6) is 5.75 Å². The molecule has 1 aliphatic rings. The molecule has 1 aliphatic heterocycles. The van der Waals surface area contributed by atoms with Gasteiger partial charge in [-0.3, -0.25) is 4.79 Å². The lowest BCUT2D eigenvalue weighted by molar-refractivity contribution is -0.139. The second-order valence-electron chi connectivity index (χ2n) is 6.32. The fraction of sp³-hybridized carbons (Fsp3) is 0.333. The van der Waals surface area contributed by atoms with Gasteiger partial charge in [0, 0.05) is 32.1 Å². The van der Waals surface area contributed by atoms with E-state index in [9.17, 15) is 18.0 Å². The number of fused-ring (bicyclic) bond motifs is 1. The molecule has 5 nitrogen and oxygen atoms in total. The maximum atomic E-state index is 13.1. The summed E-state index contributed by atoms with van der Waals surface area (Å²) in [7, 11) is 0. The van der Waals surface area contributed by atoms with E-state index >= 15 is 0 Å². The maximum absolute atomic E-state index is 13.1. The molecule has 2 aromatic heterocycles. The number of benzene rings is 1. The van der Waals surface area contributed by atoms with Crippen LogP contribution >= 0.6 is 11.3 Å². The highest BCUT2D eigenvalue weighted by molar-refractivity contribution is 7.22. The van der Waals surface area contributed by atoms with E-state index in [1.807, 2.05) is 4.90 Å². The first-order chi connectivity index (χ1) is 12.9. The maximum Gasteiger partial charge on any atom is 0.419 e.